The van der Waals surface area contributed by atoms with Gasteiger partial charge >= 0.3 is 5.97 Å². The minimum absolute atomic E-state index is 0.0413. The molecular formula is C11H21NO5S. The van der Waals surface area contributed by atoms with Crippen LogP contribution >= 0.6 is 0 Å². The summed E-state index contributed by atoms with van der Waals surface area (Å²) in [6.07, 6.45) is 0.905. The Balaban J connectivity index is 4.51. The van der Waals surface area contributed by atoms with E-state index in [0.717, 1.165) is 6.26 Å². The van der Waals surface area contributed by atoms with Gasteiger partial charge in [0, 0.05) is 19.2 Å². The van der Waals surface area contributed by atoms with Gasteiger partial charge in [0.15, 0.2) is 9.84 Å². The number of rotatable bonds is 6. The summed E-state index contributed by atoms with van der Waals surface area (Å²) < 4.78 is 21.8. The highest BCUT2D eigenvalue weighted by Crippen LogP contribution is 2.20. The Hall–Kier alpha value is -1.11. The van der Waals surface area contributed by atoms with Crippen LogP contribution in [0.25, 0.3) is 0 Å². The van der Waals surface area contributed by atoms with Crippen molar-refractivity contribution in [2.75, 3.05) is 12.8 Å². The molecule has 0 unspecified atom stereocenters. The van der Waals surface area contributed by atoms with Crippen LogP contribution < -0.4 is 5.32 Å². The normalized spacial score (nSPS) is 13.2. The number of amides is 1. The molecule has 0 saturated carbocycles. The monoisotopic (exact) mass is 279 g/mol. The van der Waals surface area contributed by atoms with Crippen LogP contribution in [-0.2, 0) is 19.4 Å². The largest absolute Gasteiger partial charge is 0.481 e. The second-order valence-corrected chi connectivity index (χ2v) is 8.32. The third-order valence-corrected chi connectivity index (χ3v) is 5.05. The van der Waals surface area contributed by atoms with Crippen molar-refractivity contribution in [3.05, 3.63) is 0 Å². The molecule has 0 aromatic rings. The molecule has 0 atom stereocenters. The fraction of sp³-hybridized carbons (Fsp3) is 0.818. The summed E-state index contributed by atoms with van der Waals surface area (Å²) in [7, 11) is -3.29. The van der Waals surface area contributed by atoms with Crippen molar-refractivity contribution in [3.8, 4) is 0 Å². The second kappa shape index (κ2) is 5.26. The molecule has 0 saturated heterocycles. The predicted molar refractivity (Wildman–Crippen MR) is 68.0 cm³/mol. The van der Waals surface area contributed by atoms with Gasteiger partial charge < -0.3 is 10.4 Å². The number of carbonyl (C=O) groups excluding carboxylic acids is 1. The Bertz CT molecular complexity index is 436. The molecule has 106 valence electrons. The van der Waals surface area contributed by atoms with Gasteiger partial charge in [-0.05, 0) is 27.7 Å². The van der Waals surface area contributed by atoms with Crippen LogP contribution in [0.4, 0.5) is 0 Å². The Labute approximate surface area is 108 Å². The third-order valence-electron chi connectivity index (χ3n) is 2.90. The van der Waals surface area contributed by atoms with E-state index in [1.165, 1.54) is 27.7 Å². The van der Waals surface area contributed by atoms with Gasteiger partial charge in [0.1, 0.15) is 0 Å². The fourth-order valence-electron chi connectivity index (χ4n) is 0.982. The number of hydrogen-bond acceptors (Lipinski definition) is 4. The lowest BCUT2D eigenvalue weighted by atomic mass is 9.89. The zero-order chi connectivity index (χ0) is 14.8. The van der Waals surface area contributed by atoms with Crippen LogP contribution in [0.1, 0.15) is 34.1 Å². The quantitative estimate of drug-likeness (QED) is 0.734. The van der Waals surface area contributed by atoms with Crippen molar-refractivity contribution in [2.24, 2.45) is 5.41 Å². The topological polar surface area (TPSA) is 101 Å². The van der Waals surface area contributed by atoms with Gasteiger partial charge in [-0.1, -0.05) is 0 Å². The molecule has 0 aliphatic rings. The zero-order valence-electron chi connectivity index (χ0n) is 11.4. The van der Waals surface area contributed by atoms with E-state index in [1.54, 1.807) is 0 Å². The van der Waals surface area contributed by atoms with Crippen molar-refractivity contribution in [2.45, 2.75) is 38.9 Å². The Morgan fingerprint density at radius 1 is 1.17 bits per heavy atom. The van der Waals surface area contributed by atoms with E-state index < -0.39 is 31.9 Å². The minimum Gasteiger partial charge on any atom is -0.481 e. The van der Waals surface area contributed by atoms with Crippen LogP contribution in [0.5, 0.6) is 0 Å². The number of carbonyl (C=O) groups is 2. The van der Waals surface area contributed by atoms with Crippen LogP contribution in [-0.4, -0.2) is 42.9 Å². The molecule has 0 spiro atoms. The molecule has 18 heavy (non-hydrogen) atoms. The first kappa shape index (κ1) is 16.9. The van der Waals surface area contributed by atoms with Gasteiger partial charge in [-0.15, -0.1) is 0 Å². The molecule has 0 aromatic heterocycles. The number of aliphatic carboxylic acids is 1. The van der Waals surface area contributed by atoms with E-state index >= 15 is 0 Å². The first-order valence-electron chi connectivity index (χ1n) is 5.49. The van der Waals surface area contributed by atoms with E-state index in [1.807, 2.05) is 0 Å². The zero-order valence-corrected chi connectivity index (χ0v) is 12.2. The molecule has 1 amide bonds. The second-order valence-electron chi connectivity index (χ2n) is 5.67. The van der Waals surface area contributed by atoms with Crippen LogP contribution in [0.15, 0.2) is 0 Å². The van der Waals surface area contributed by atoms with E-state index in [2.05, 4.69) is 5.32 Å². The standard InChI is InChI=1S/C11H21NO5S/c1-10(2,9(14)15)6-8(13)12-7-11(3,4)18(5,16)17/h6-7H2,1-5H3,(H,12,13)(H,14,15). The van der Waals surface area contributed by atoms with Crippen molar-refractivity contribution >= 4 is 21.7 Å². The molecule has 0 aliphatic heterocycles. The van der Waals surface area contributed by atoms with Gasteiger partial charge in [-0.2, -0.15) is 0 Å². The van der Waals surface area contributed by atoms with E-state index in [0.29, 0.717) is 0 Å². The third kappa shape index (κ3) is 4.64. The summed E-state index contributed by atoms with van der Waals surface area (Å²) in [4.78, 5) is 22.4. The molecule has 0 radical (unpaired) electrons. The van der Waals surface area contributed by atoms with E-state index in [-0.39, 0.29) is 13.0 Å². The summed E-state index contributed by atoms with van der Waals surface area (Å²) in [6, 6.07) is 0. The van der Waals surface area contributed by atoms with Crippen molar-refractivity contribution in [1.29, 1.82) is 0 Å². The summed E-state index contributed by atoms with van der Waals surface area (Å²) in [6.45, 7) is 5.85. The minimum atomic E-state index is -3.29. The highest BCUT2D eigenvalue weighted by molar-refractivity contribution is 7.92. The molecular weight excluding hydrogens is 258 g/mol. The molecule has 2 N–H and O–H groups in total. The van der Waals surface area contributed by atoms with Crippen LogP contribution in [0.3, 0.4) is 0 Å². The highest BCUT2D eigenvalue weighted by atomic mass is 32.2. The van der Waals surface area contributed by atoms with Crippen molar-refractivity contribution in [3.63, 3.8) is 0 Å². The average molecular weight is 279 g/mol. The molecule has 0 bridgehead atoms. The smallest absolute Gasteiger partial charge is 0.309 e. The number of nitrogens with one attached hydrogen (secondary N) is 1. The molecule has 0 rings (SSSR count). The Morgan fingerprint density at radius 3 is 1.94 bits per heavy atom. The summed E-state index contributed by atoms with van der Waals surface area (Å²) in [5, 5.41) is 11.3. The average Bonchev–Trinajstić information content (AvgIpc) is 2.12. The first-order chi connectivity index (χ1) is 7.79. The maximum absolute atomic E-state index is 11.6. The van der Waals surface area contributed by atoms with E-state index in [9.17, 15) is 18.0 Å². The lowest BCUT2D eigenvalue weighted by Gasteiger charge is -2.24. The summed E-state index contributed by atoms with van der Waals surface area (Å²) >= 11 is 0. The number of sulfone groups is 1. The highest BCUT2D eigenvalue weighted by Gasteiger charge is 2.33. The molecule has 0 fully saturated rings. The lowest BCUT2D eigenvalue weighted by molar-refractivity contribution is -0.149. The Kier molecular flexibility index (Phi) is 4.93. The number of carboxylic acids is 1. The van der Waals surface area contributed by atoms with Gasteiger partial charge in [-0.3, -0.25) is 9.59 Å². The first-order valence-corrected chi connectivity index (χ1v) is 7.38. The van der Waals surface area contributed by atoms with Gasteiger partial charge in [0.25, 0.3) is 0 Å². The maximum Gasteiger partial charge on any atom is 0.309 e. The Morgan fingerprint density at radius 2 is 1.61 bits per heavy atom. The van der Waals surface area contributed by atoms with Crippen molar-refractivity contribution < 1.29 is 23.1 Å². The summed E-state index contributed by atoms with van der Waals surface area (Å²) in [5.41, 5.74) is -1.17. The van der Waals surface area contributed by atoms with Crippen LogP contribution in [0, 0.1) is 5.41 Å². The number of carboxylic acid groups (broad SMARTS) is 1. The van der Waals surface area contributed by atoms with E-state index in [4.69, 9.17) is 5.11 Å². The predicted octanol–water partition coefficient (Wildman–Crippen LogP) is 0.427. The van der Waals surface area contributed by atoms with Crippen molar-refractivity contribution in [1.82, 2.24) is 5.32 Å². The number of hydrogen-bond donors (Lipinski definition) is 2. The van der Waals surface area contributed by atoms with Gasteiger partial charge in [-0.25, -0.2) is 8.42 Å². The molecule has 0 aromatic carbocycles. The SMILES string of the molecule is CC(C)(CC(=O)NCC(C)(C)S(C)(=O)=O)C(=O)O. The van der Waals surface area contributed by atoms with Gasteiger partial charge in [0.2, 0.25) is 5.91 Å². The molecule has 0 heterocycles. The molecule has 0 aliphatic carbocycles. The lowest BCUT2D eigenvalue weighted by Crippen LogP contribution is -2.45. The fourth-order valence-corrected chi connectivity index (χ4v) is 1.32. The summed E-state index contributed by atoms with van der Waals surface area (Å²) in [5.74, 6) is -1.54. The van der Waals surface area contributed by atoms with Crippen LogP contribution in [0.2, 0.25) is 0 Å². The van der Waals surface area contributed by atoms with Gasteiger partial charge in [0.05, 0.1) is 10.2 Å². The molecule has 6 nitrogen and oxygen atoms in total. The maximum atomic E-state index is 11.6. The molecule has 7 heteroatoms.